The third kappa shape index (κ3) is 5.55. The van der Waals surface area contributed by atoms with Gasteiger partial charge in [-0.15, -0.1) is 0 Å². The second-order valence-corrected chi connectivity index (χ2v) is 8.64. The number of aliphatic hydroxyl groups excluding tert-OH is 1. The Hall–Kier alpha value is -2.58. The molecule has 6 atom stereocenters. The van der Waals surface area contributed by atoms with Crippen molar-refractivity contribution in [3.63, 3.8) is 0 Å². The average Bonchev–Trinajstić information content (AvgIpc) is 2.90. The van der Waals surface area contributed by atoms with Gasteiger partial charge < -0.3 is 28.8 Å². The monoisotopic (exact) mass is 462 g/mol. The topological polar surface area (TPSA) is 66.4 Å². The van der Waals surface area contributed by atoms with Crippen LogP contribution in [0, 0.1) is 0 Å². The lowest BCUT2D eigenvalue weighted by atomic mass is 9.94. The standard InChI is InChI=1S/C28H30O6/c29-25-23(18-30-16-20-10-4-1-5-11-20)33-24-19-32-28(22-14-8-3-9-15-22)34-26(24)27(25)31-17-21-12-6-2-7-13-21/h1-15,23-29H,16-19H2/t23-,24+,25?,26?,27?,28?/m1/s1. The molecule has 0 aliphatic carbocycles. The third-order valence-corrected chi connectivity index (χ3v) is 6.20. The summed E-state index contributed by atoms with van der Waals surface area (Å²) in [4.78, 5) is 0. The minimum Gasteiger partial charge on any atom is -0.387 e. The maximum Gasteiger partial charge on any atom is 0.184 e. The normalized spacial score (nSPS) is 28.9. The maximum absolute atomic E-state index is 11.2. The molecule has 34 heavy (non-hydrogen) atoms. The Morgan fingerprint density at radius 1 is 0.765 bits per heavy atom. The molecule has 0 bridgehead atoms. The fraction of sp³-hybridized carbons (Fsp3) is 0.357. The number of rotatable bonds is 8. The molecule has 0 radical (unpaired) electrons. The van der Waals surface area contributed by atoms with E-state index in [0.29, 0.717) is 19.8 Å². The molecule has 3 aromatic carbocycles. The van der Waals surface area contributed by atoms with Crippen molar-refractivity contribution in [1.82, 2.24) is 0 Å². The Bertz CT molecular complexity index is 997. The van der Waals surface area contributed by atoms with Crippen LogP contribution in [-0.2, 0) is 36.9 Å². The molecule has 0 saturated carbocycles. The van der Waals surface area contributed by atoms with Crippen LogP contribution in [0.4, 0.5) is 0 Å². The van der Waals surface area contributed by atoms with E-state index < -0.39 is 30.7 Å². The maximum atomic E-state index is 11.2. The number of benzene rings is 3. The molecular formula is C28H30O6. The lowest BCUT2D eigenvalue weighted by Gasteiger charge is -2.48. The molecule has 4 unspecified atom stereocenters. The molecule has 2 heterocycles. The van der Waals surface area contributed by atoms with Crippen molar-refractivity contribution in [3.05, 3.63) is 108 Å². The highest BCUT2D eigenvalue weighted by Crippen LogP contribution is 2.35. The van der Waals surface area contributed by atoms with Crippen LogP contribution in [0.3, 0.4) is 0 Å². The first-order valence-corrected chi connectivity index (χ1v) is 11.7. The highest BCUT2D eigenvalue weighted by molar-refractivity contribution is 5.17. The predicted molar refractivity (Wildman–Crippen MR) is 126 cm³/mol. The van der Waals surface area contributed by atoms with Gasteiger partial charge in [-0.05, 0) is 11.1 Å². The first-order valence-electron chi connectivity index (χ1n) is 11.7. The van der Waals surface area contributed by atoms with Gasteiger partial charge in [0.2, 0.25) is 0 Å². The quantitative estimate of drug-likeness (QED) is 0.545. The average molecular weight is 463 g/mol. The van der Waals surface area contributed by atoms with Crippen molar-refractivity contribution < 1.29 is 28.8 Å². The Labute approximate surface area is 200 Å². The second-order valence-electron chi connectivity index (χ2n) is 8.64. The minimum absolute atomic E-state index is 0.243. The summed E-state index contributed by atoms with van der Waals surface area (Å²) in [5, 5.41) is 11.2. The minimum atomic E-state index is -0.907. The molecule has 2 fully saturated rings. The Morgan fingerprint density at radius 2 is 1.38 bits per heavy atom. The summed E-state index contributed by atoms with van der Waals surface area (Å²) >= 11 is 0. The Balaban J connectivity index is 1.28. The van der Waals surface area contributed by atoms with Crippen LogP contribution in [0.25, 0.3) is 0 Å². The van der Waals surface area contributed by atoms with Crippen molar-refractivity contribution in [3.8, 4) is 0 Å². The number of fused-ring (bicyclic) bond motifs is 1. The van der Waals surface area contributed by atoms with Gasteiger partial charge >= 0.3 is 0 Å². The molecule has 0 aromatic heterocycles. The van der Waals surface area contributed by atoms with Crippen molar-refractivity contribution in [2.75, 3.05) is 13.2 Å². The zero-order valence-corrected chi connectivity index (χ0v) is 18.9. The van der Waals surface area contributed by atoms with Crippen molar-refractivity contribution in [1.29, 1.82) is 0 Å². The van der Waals surface area contributed by atoms with Gasteiger partial charge in [-0.25, -0.2) is 0 Å². The fourth-order valence-electron chi connectivity index (χ4n) is 4.41. The van der Waals surface area contributed by atoms with E-state index in [1.54, 1.807) is 0 Å². The summed E-state index contributed by atoms with van der Waals surface area (Å²) in [6.45, 7) is 1.40. The SMILES string of the molecule is OC1C(OCc2ccccc2)C2OC(c3ccccc3)OC[C@@H]2O[C@@H]1COCc1ccccc1. The highest BCUT2D eigenvalue weighted by Gasteiger charge is 2.50. The van der Waals surface area contributed by atoms with Crippen LogP contribution in [-0.4, -0.2) is 48.8 Å². The molecule has 2 saturated heterocycles. The summed E-state index contributed by atoms with van der Waals surface area (Å²) in [6, 6.07) is 29.6. The van der Waals surface area contributed by atoms with Crippen LogP contribution < -0.4 is 0 Å². The summed E-state index contributed by atoms with van der Waals surface area (Å²) < 4.78 is 30.6. The van der Waals surface area contributed by atoms with E-state index in [4.69, 9.17) is 23.7 Å². The van der Waals surface area contributed by atoms with Gasteiger partial charge in [0, 0.05) is 5.56 Å². The van der Waals surface area contributed by atoms with Crippen LogP contribution in [0.2, 0.25) is 0 Å². The van der Waals surface area contributed by atoms with Gasteiger partial charge in [0.25, 0.3) is 0 Å². The summed E-state index contributed by atoms with van der Waals surface area (Å²) in [6.07, 6.45) is -3.41. The Morgan fingerprint density at radius 3 is 2.06 bits per heavy atom. The zero-order chi connectivity index (χ0) is 23.2. The van der Waals surface area contributed by atoms with Crippen molar-refractivity contribution in [2.24, 2.45) is 0 Å². The molecule has 178 valence electrons. The molecule has 5 rings (SSSR count). The molecule has 0 spiro atoms. The summed E-state index contributed by atoms with van der Waals surface area (Å²) in [5.41, 5.74) is 3.02. The van der Waals surface area contributed by atoms with Crippen LogP contribution in [0.5, 0.6) is 0 Å². The third-order valence-electron chi connectivity index (χ3n) is 6.20. The van der Waals surface area contributed by atoms with Gasteiger partial charge in [0.15, 0.2) is 6.29 Å². The van der Waals surface area contributed by atoms with Gasteiger partial charge in [-0.1, -0.05) is 91.0 Å². The van der Waals surface area contributed by atoms with Gasteiger partial charge in [-0.3, -0.25) is 0 Å². The number of hydrogen-bond donors (Lipinski definition) is 1. The van der Waals surface area contributed by atoms with Gasteiger partial charge in [-0.2, -0.15) is 0 Å². The summed E-state index contributed by atoms with van der Waals surface area (Å²) in [5.74, 6) is 0. The molecule has 2 aliphatic heterocycles. The number of hydrogen-bond acceptors (Lipinski definition) is 6. The Kier molecular flexibility index (Phi) is 7.65. The van der Waals surface area contributed by atoms with Crippen molar-refractivity contribution >= 4 is 0 Å². The summed E-state index contributed by atoms with van der Waals surface area (Å²) in [7, 11) is 0. The van der Waals surface area contributed by atoms with Gasteiger partial charge in [0.1, 0.15) is 30.5 Å². The first-order chi connectivity index (χ1) is 16.8. The molecule has 3 aromatic rings. The molecular weight excluding hydrogens is 432 g/mol. The predicted octanol–water partition coefficient (Wildman–Crippen LogP) is 4.03. The fourth-order valence-corrected chi connectivity index (χ4v) is 4.41. The zero-order valence-electron chi connectivity index (χ0n) is 18.9. The van der Waals surface area contributed by atoms with E-state index in [1.807, 2.05) is 91.0 Å². The largest absolute Gasteiger partial charge is 0.387 e. The number of aliphatic hydroxyl groups is 1. The first kappa shape index (κ1) is 23.2. The van der Waals surface area contributed by atoms with E-state index in [-0.39, 0.29) is 12.7 Å². The molecule has 6 heteroatoms. The highest BCUT2D eigenvalue weighted by atomic mass is 16.7. The van der Waals surface area contributed by atoms with Crippen LogP contribution in [0.1, 0.15) is 23.0 Å². The molecule has 2 aliphatic rings. The molecule has 0 amide bonds. The van der Waals surface area contributed by atoms with E-state index in [9.17, 15) is 5.11 Å². The number of ether oxygens (including phenoxy) is 5. The van der Waals surface area contributed by atoms with Gasteiger partial charge in [0.05, 0.1) is 26.4 Å². The molecule has 6 nitrogen and oxygen atoms in total. The van der Waals surface area contributed by atoms with Crippen LogP contribution >= 0.6 is 0 Å². The second kappa shape index (κ2) is 11.2. The van der Waals surface area contributed by atoms with E-state index in [1.165, 1.54) is 0 Å². The smallest absolute Gasteiger partial charge is 0.184 e. The van der Waals surface area contributed by atoms with Crippen molar-refractivity contribution in [2.45, 2.75) is 50.0 Å². The molecule has 1 N–H and O–H groups in total. The van der Waals surface area contributed by atoms with Crippen LogP contribution in [0.15, 0.2) is 91.0 Å². The lowest BCUT2D eigenvalue weighted by molar-refractivity contribution is -0.338. The lowest BCUT2D eigenvalue weighted by Crippen LogP contribution is -2.63. The van der Waals surface area contributed by atoms with E-state index in [2.05, 4.69) is 0 Å². The van der Waals surface area contributed by atoms with E-state index in [0.717, 1.165) is 16.7 Å². The van der Waals surface area contributed by atoms with E-state index >= 15 is 0 Å².